The molecule has 0 aromatic heterocycles. The number of fused-ring (bicyclic) bond motifs is 1. The van der Waals surface area contributed by atoms with Crippen LogP contribution in [0.5, 0.6) is 0 Å². The first-order chi connectivity index (χ1) is 8.59. The van der Waals surface area contributed by atoms with E-state index in [0.717, 1.165) is 13.0 Å². The molecule has 18 heavy (non-hydrogen) atoms. The summed E-state index contributed by atoms with van der Waals surface area (Å²) in [6, 6.07) is 8.30. The molecule has 100 valence electrons. The second-order valence-corrected chi connectivity index (χ2v) is 5.41. The first-order valence-corrected chi connectivity index (χ1v) is 6.62. The summed E-state index contributed by atoms with van der Waals surface area (Å²) in [6.45, 7) is 5.33. The molecule has 2 atom stereocenters. The van der Waals surface area contributed by atoms with Gasteiger partial charge in [0, 0.05) is 7.11 Å². The van der Waals surface area contributed by atoms with E-state index in [1.807, 2.05) is 19.9 Å². The van der Waals surface area contributed by atoms with E-state index in [4.69, 9.17) is 4.74 Å². The van der Waals surface area contributed by atoms with Crippen molar-refractivity contribution >= 4 is 0 Å². The standard InChI is InChI=1S/C15H23NO2/c1-11(2)15(17,10-18-3)14-13-7-5-4-6-12(13)8-9-16-14/h4-7,11,14,16-17H,8-10H2,1-3H3. The van der Waals surface area contributed by atoms with Gasteiger partial charge in [0.05, 0.1) is 12.6 Å². The quantitative estimate of drug-likeness (QED) is 0.856. The third kappa shape index (κ3) is 2.30. The van der Waals surface area contributed by atoms with E-state index in [0.29, 0.717) is 6.61 Å². The van der Waals surface area contributed by atoms with Crippen molar-refractivity contribution < 1.29 is 9.84 Å². The normalized spacial score (nSPS) is 22.6. The highest BCUT2D eigenvalue weighted by molar-refractivity contribution is 5.34. The van der Waals surface area contributed by atoms with Crippen molar-refractivity contribution in [3.63, 3.8) is 0 Å². The zero-order valence-corrected chi connectivity index (χ0v) is 11.4. The van der Waals surface area contributed by atoms with E-state index in [2.05, 4.69) is 23.5 Å². The van der Waals surface area contributed by atoms with E-state index in [1.54, 1.807) is 7.11 Å². The molecule has 0 bridgehead atoms. The predicted molar refractivity (Wildman–Crippen MR) is 72.6 cm³/mol. The van der Waals surface area contributed by atoms with Crippen molar-refractivity contribution in [1.82, 2.24) is 5.32 Å². The molecule has 1 aliphatic rings. The van der Waals surface area contributed by atoms with Crippen LogP contribution in [0.15, 0.2) is 24.3 Å². The Bertz CT molecular complexity index is 405. The van der Waals surface area contributed by atoms with Crippen LogP contribution in [0.2, 0.25) is 0 Å². The summed E-state index contributed by atoms with van der Waals surface area (Å²) in [5, 5.41) is 14.4. The highest BCUT2D eigenvalue weighted by Crippen LogP contribution is 2.36. The molecular formula is C15H23NO2. The molecule has 1 aromatic rings. The predicted octanol–water partition coefficient (Wildman–Crippen LogP) is 1.91. The van der Waals surface area contributed by atoms with Gasteiger partial charge in [-0.1, -0.05) is 38.1 Å². The van der Waals surface area contributed by atoms with Crippen LogP contribution in [0, 0.1) is 5.92 Å². The van der Waals surface area contributed by atoms with Gasteiger partial charge in [-0.15, -0.1) is 0 Å². The zero-order valence-electron chi connectivity index (χ0n) is 11.4. The summed E-state index contributed by atoms with van der Waals surface area (Å²) in [6.07, 6.45) is 1.02. The number of nitrogens with one attached hydrogen (secondary N) is 1. The topological polar surface area (TPSA) is 41.5 Å². The summed E-state index contributed by atoms with van der Waals surface area (Å²) in [4.78, 5) is 0. The van der Waals surface area contributed by atoms with Gasteiger partial charge in [0.25, 0.3) is 0 Å². The fourth-order valence-electron chi connectivity index (χ4n) is 2.77. The molecule has 0 radical (unpaired) electrons. The number of rotatable bonds is 4. The van der Waals surface area contributed by atoms with Crippen LogP contribution in [-0.4, -0.2) is 31.0 Å². The van der Waals surface area contributed by atoms with Crippen molar-refractivity contribution in [3.05, 3.63) is 35.4 Å². The van der Waals surface area contributed by atoms with Gasteiger partial charge in [-0.2, -0.15) is 0 Å². The largest absolute Gasteiger partial charge is 0.385 e. The third-order valence-electron chi connectivity index (χ3n) is 3.98. The van der Waals surface area contributed by atoms with Crippen molar-refractivity contribution in [2.75, 3.05) is 20.3 Å². The number of hydrogen-bond donors (Lipinski definition) is 2. The molecule has 0 saturated carbocycles. The van der Waals surface area contributed by atoms with Crippen molar-refractivity contribution in [3.8, 4) is 0 Å². The number of hydrogen-bond acceptors (Lipinski definition) is 3. The van der Waals surface area contributed by atoms with Crippen LogP contribution in [0.1, 0.15) is 31.0 Å². The highest BCUT2D eigenvalue weighted by atomic mass is 16.5. The molecule has 1 aromatic carbocycles. The molecule has 1 aliphatic heterocycles. The van der Waals surface area contributed by atoms with Crippen LogP contribution in [0.25, 0.3) is 0 Å². The van der Waals surface area contributed by atoms with Crippen molar-refractivity contribution in [2.45, 2.75) is 31.9 Å². The Morgan fingerprint density at radius 2 is 2.17 bits per heavy atom. The molecule has 2 rings (SSSR count). The van der Waals surface area contributed by atoms with Crippen molar-refractivity contribution in [1.29, 1.82) is 0 Å². The second kappa shape index (κ2) is 5.39. The second-order valence-electron chi connectivity index (χ2n) is 5.41. The maximum Gasteiger partial charge on any atom is 0.110 e. The Hall–Kier alpha value is -0.900. The van der Waals surface area contributed by atoms with Gasteiger partial charge in [-0.25, -0.2) is 0 Å². The molecular weight excluding hydrogens is 226 g/mol. The van der Waals surface area contributed by atoms with E-state index in [9.17, 15) is 5.11 Å². The molecule has 2 N–H and O–H groups in total. The van der Waals surface area contributed by atoms with Gasteiger partial charge >= 0.3 is 0 Å². The third-order valence-corrected chi connectivity index (χ3v) is 3.98. The maximum absolute atomic E-state index is 11.0. The summed E-state index contributed by atoms with van der Waals surface area (Å²) in [7, 11) is 1.64. The Kier molecular flexibility index (Phi) is 4.05. The summed E-state index contributed by atoms with van der Waals surface area (Å²) < 4.78 is 5.25. The molecule has 0 saturated heterocycles. The van der Waals surface area contributed by atoms with Gasteiger partial charge in [-0.3, -0.25) is 0 Å². The fourth-order valence-corrected chi connectivity index (χ4v) is 2.77. The summed E-state index contributed by atoms with van der Waals surface area (Å²) >= 11 is 0. The molecule has 0 spiro atoms. The van der Waals surface area contributed by atoms with E-state index in [1.165, 1.54) is 11.1 Å². The van der Waals surface area contributed by atoms with Crippen LogP contribution >= 0.6 is 0 Å². The Labute approximate surface area is 109 Å². The lowest BCUT2D eigenvalue weighted by atomic mass is 9.77. The van der Waals surface area contributed by atoms with Gasteiger partial charge < -0.3 is 15.2 Å². The summed E-state index contributed by atoms with van der Waals surface area (Å²) in [5.41, 5.74) is 1.67. The number of aliphatic hydroxyl groups is 1. The molecule has 0 fully saturated rings. The van der Waals surface area contributed by atoms with Crippen molar-refractivity contribution in [2.24, 2.45) is 5.92 Å². The first-order valence-electron chi connectivity index (χ1n) is 6.62. The van der Waals surface area contributed by atoms with Crippen LogP contribution in [-0.2, 0) is 11.2 Å². The smallest absolute Gasteiger partial charge is 0.110 e. The Morgan fingerprint density at radius 3 is 2.83 bits per heavy atom. The van der Waals surface area contributed by atoms with Crippen LogP contribution < -0.4 is 5.32 Å². The molecule has 1 heterocycles. The van der Waals surface area contributed by atoms with Gasteiger partial charge in [-0.05, 0) is 30.0 Å². The maximum atomic E-state index is 11.0. The number of benzene rings is 1. The average Bonchev–Trinajstić information content (AvgIpc) is 2.38. The van der Waals surface area contributed by atoms with Gasteiger partial charge in [0.2, 0.25) is 0 Å². The molecule has 0 aliphatic carbocycles. The minimum atomic E-state index is -0.870. The SMILES string of the molecule is COCC(O)(C(C)C)C1NCCc2ccccc21. The average molecular weight is 249 g/mol. The lowest BCUT2D eigenvalue weighted by Gasteiger charge is -2.42. The van der Waals surface area contributed by atoms with Crippen LogP contribution in [0.3, 0.4) is 0 Å². The monoisotopic (exact) mass is 249 g/mol. The molecule has 2 unspecified atom stereocenters. The Balaban J connectivity index is 2.38. The lowest BCUT2D eigenvalue weighted by molar-refractivity contribution is -0.0924. The fraction of sp³-hybridized carbons (Fsp3) is 0.600. The minimum Gasteiger partial charge on any atom is -0.385 e. The molecule has 3 heteroatoms. The molecule has 3 nitrogen and oxygen atoms in total. The highest BCUT2D eigenvalue weighted by Gasteiger charge is 2.42. The van der Waals surface area contributed by atoms with E-state index in [-0.39, 0.29) is 12.0 Å². The number of methoxy groups -OCH3 is 1. The Morgan fingerprint density at radius 1 is 1.44 bits per heavy atom. The zero-order chi connectivity index (χ0) is 13.2. The van der Waals surface area contributed by atoms with E-state index < -0.39 is 5.60 Å². The van der Waals surface area contributed by atoms with Gasteiger partial charge in [0.15, 0.2) is 0 Å². The van der Waals surface area contributed by atoms with Crippen LogP contribution in [0.4, 0.5) is 0 Å². The lowest BCUT2D eigenvalue weighted by Crippen LogP contribution is -2.53. The van der Waals surface area contributed by atoms with E-state index >= 15 is 0 Å². The summed E-state index contributed by atoms with van der Waals surface area (Å²) in [5.74, 6) is 0.126. The number of ether oxygens (including phenoxy) is 1. The first kappa shape index (κ1) is 13.5. The van der Waals surface area contributed by atoms with Gasteiger partial charge in [0.1, 0.15) is 5.60 Å². The minimum absolute atomic E-state index is 0.0533. The molecule has 0 amide bonds.